The molecular weight excluding hydrogens is 104 g/mol. The summed E-state index contributed by atoms with van der Waals surface area (Å²) in [4.78, 5) is 0. The van der Waals surface area contributed by atoms with E-state index in [1.54, 1.807) is 14.2 Å². The summed E-state index contributed by atoms with van der Waals surface area (Å²) in [6.07, 6.45) is 3.84. The quantitative estimate of drug-likeness (QED) is 0.506. The van der Waals surface area contributed by atoms with Crippen LogP contribution in [0.3, 0.4) is 0 Å². The topological polar surface area (TPSA) is 18.5 Å². The van der Waals surface area contributed by atoms with Crippen LogP contribution in [0.4, 0.5) is 0 Å². The van der Waals surface area contributed by atoms with Crippen LogP contribution in [0.1, 0.15) is 0 Å². The molecule has 0 aliphatic heterocycles. The minimum atomic E-state index is 0.670. The van der Waals surface area contributed by atoms with E-state index in [0.717, 1.165) is 0 Å². The zero-order chi connectivity index (χ0) is 6.24. The Morgan fingerprint density at radius 2 is 1.38 bits per heavy atom. The largest absolute Gasteiger partial charge is 0.381 e. The van der Waals surface area contributed by atoms with Gasteiger partial charge in [0.25, 0.3) is 0 Å². The fourth-order valence-corrected chi connectivity index (χ4v) is 0.329. The standard InChI is InChI=1S/C6H12O2/c1-7-5-3-4-6-8-2/h3-4H,5-6H2,1-2H3. The maximum absolute atomic E-state index is 4.75. The van der Waals surface area contributed by atoms with Gasteiger partial charge in [0.15, 0.2) is 0 Å². The van der Waals surface area contributed by atoms with Crippen molar-refractivity contribution in [3.63, 3.8) is 0 Å². The van der Waals surface area contributed by atoms with Crippen molar-refractivity contribution in [2.75, 3.05) is 27.4 Å². The molecule has 0 bridgehead atoms. The summed E-state index contributed by atoms with van der Waals surface area (Å²) in [5.74, 6) is 0. The normalized spacial score (nSPS) is 10.8. The molecular formula is C6H12O2. The van der Waals surface area contributed by atoms with Gasteiger partial charge in [0.1, 0.15) is 0 Å². The van der Waals surface area contributed by atoms with Gasteiger partial charge in [-0.3, -0.25) is 0 Å². The molecule has 48 valence electrons. The highest BCUT2D eigenvalue weighted by molar-refractivity contribution is 4.80. The molecule has 0 unspecified atom stereocenters. The molecule has 0 rings (SSSR count). The summed E-state index contributed by atoms with van der Waals surface area (Å²) in [7, 11) is 3.33. The van der Waals surface area contributed by atoms with Crippen LogP contribution in [0, 0.1) is 0 Å². The van der Waals surface area contributed by atoms with Crippen LogP contribution in [0.5, 0.6) is 0 Å². The molecule has 0 amide bonds. The van der Waals surface area contributed by atoms with Gasteiger partial charge in [-0.2, -0.15) is 0 Å². The highest BCUT2D eigenvalue weighted by Crippen LogP contribution is 1.73. The molecule has 0 spiro atoms. The first-order valence-corrected chi connectivity index (χ1v) is 2.54. The Balaban J connectivity index is 2.83. The number of hydrogen-bond acceptors (Lipinski definition) is 2. The van der Waals surface area contributed by atoms with Crippen molar-refractivity contribution in [2.24, 2.45) is 0 Å². The van der Waals surface area contributed by atoms with Crippen molar-refractivity contribution in [1.82, 2.24) is 0 Å². The number of ether oxygens (including phenoxy) is 2. The van der Waals surface area contributed by atoms with Gasteiger partial charge in [-0.05, 0) is 0 Å². The Morgan fingerprint density at radius 1 is 1.00 bits per heavy atom. The third kappa shape index (κ3) is 5.66. The molecule has 0 aromatic rings. The van der Waals surface area contributed by atoms with E-state index in [4.69, 9.17) is 9.47 Å². The molecule has 0 aromatic heterocycles. The first-order valence-electron chi connectivity index (χ1n) is 2.54. The molecule has 0 heterocycles. The van der Waals surface area contributed by atoms with Crippen molar-refractivity contribution in [2.45, 2.75) is 0 Å². The van der Waals surface area contributed by atoms with E-state index in [-0.39, 0.29) is 0 Å². The monoisotopic (exact) mass is 116 g/mol. The first kappa shape index (κ1) is 7.66. The zero-order valence-corrected chi connectivity index (χ0v) is 5.39. The fourth-order valence-electron chi connectivity index (χ4n) is 0.329. The van der Waals surface area contributed by atoms with E-state index in [2.05, 4.69) is 0 Å². The van der Waals surface area contributed by atoms with Gasteiger partial charge in [0.2, 0.25) is 0 Å². The lowest BCUT2D eigenvalue weighted by Gasteiger charge is -1.87. The van der Waals surface area contributed by atoms with Crippen LogP contribution in [0.2, 0.25) is 0 Å². The Bertz CT molecular complexity index is 51.5. The summed E-state index contributed by atoms with van der Waals surface area (Å²) in [6, 6.07) is 0. The van der Waals surface area contributed by atoms with E-state index >= 15 is 0 Å². The second kappa shape index (κ2) is 6.66. The summed E-state index contributed by atoms with van der Waals surface area (Å²) in [6.45, 7) is 1.34. The third-order valence-electron chi connectivity index (χ3n) is 0.692. The molecule has 0 fully saturated rings. The second-order valence-electron chi connectivity index (χ2n) is 1.38. The van der Waals surface area contributed by atoms with E-state index in [1.807, 2.05) is 12.2 Å². The third-order valence-corrected chi connectivity index (χ3v) is 0.692. The molecule has 2 nitrogen and oxygen atoms in total. The van der Waals surface area contributed by atoms with E-state index < -0.39 is 0 Å². The number of methoxy groups -OCH3 is 2. The van der Waals surface area contributed by atoms with Gasteiger partial charge in [-0.25, -0.2) is 0 Å². The molecule has 0 saturated carbocycles. The number of hydrogen-bond donors (Lipinski definition) is 0. The predicted molar refractivity (Wildman–Crippen MR) is 32.9 cm³/mol. The van der Waals surface area contributed by atoms with Gasteiger partial charge in [-0.1, -0.05) is 12.2 Å². The van der Waals surface area contributed by atoms with Gasteiger partial charge < -0.3 is 9.47 Å². The Labute approximate surface area is 50.1 Å². The summed E-state index contributed by atoms with van der Waals surface area (Å²) in [5, 5.41) is 0. The van der Waals surface area contributed by atoms with E-state index in [0.29, 0.717) is 13.2 Å². The Kier molecular flexibility index (Phi) is 6.38. The minimum absolute atomic E-state index is 0.670. The van der Waals surface area contributed by atoms with Crippen molar-refractivity contribution in [1.29, 1.82) is 0 Å². The Hall–Kier alpha value is -0.340. The van der Waals surface area contributed by atoms with Crippen LogP contribution in [-0.4, -0.2) is 27.4 Å². The van der Waals surface area contributed by atoms with Gasteiger partial charge >= 0.3 is 0 Å². The maximum atomic E-state index is 4.75. The highest BCUT2D eigenvalue weighted by Gasteiger charge is 1.70. The molecule has 0 saturated heterocycles. The molecule has 0 N–H and O–H groups in total. The van der Waals surface area contributed by atoms with Gasteiger partial charge in [-0.15, -0.1) is 0 Å². The molecule has 8 heavy (non-hydrogen) atoms. The molecule has 0 aliphatic rings. The molecule has 0 aromatic carbocycles. The second-order valence-corrected chi connectivity index (χ2v) is 1.38. The summed E-state index contributed by atoms with van der Waals surface area (Å²) in [5.41, 5.74) is 0. The minimum Gasteiger partial charge on any atom is -0.381 e. The lowest BCUT2D eigenvalue weighted by Crippen LogP contribution is -1.84. The SMILES string of the molecule is COCC=CCOC. The molecule has 0 aliphatic carbocycles. The first-order chi connectivity index (χ1) is 3.91. The van der Waals surface area contributed by atoms with Crippen molar-refractivity contribution < 1.29 is 9.47 Å². The van der Waals surface area contributed by atoms with Crippen molar-refractivity contribution in [3.05, 3.63) is 12.2 Å². The molecule has 0 atom stereocenters. The number of rotatable bonds is 4. The summed E-state index contributed by atoms with van der Waals surface area (Å²) < 4.78 is 9.49. The summed E-state index contributed by atoms with van der Waals surface area (Å²) >= 11 is 0. The maximum Gasteiger partial charge on any atom is 0.0644 e. The van der Waals surface area contributed by atoms with Gasteiger partial charge in [0.05, 0.1) is 13.2 Å². The van der Waals surface area contributed by atoms with Gasteiger partial charge in [0, 0.05) is 14.2 Å². The predicted octanol–water partition coefficient (Wildman–Crippen LogP) is 0.835. The van der Waals surface area contributed by atoms with Crippen LogP contribution in [0.25, 0.3) is 0 Å². The Morgan fingerprint density at radius 3 is 1.62 bits per heavy atom. The van der Waals surface area contributed by atoms with E-state index in [1.165, 1.54) is 0 Å². The van der Waals surface area contributed by atoms with Crippen LogP contribution in [0.15, 0.2) is 12.2 Å². The van der Waals surface area contributed by atoms with Crippen molar-refractivity contribution in [3.8, 4) is 0 Å². The molecule has 2 heteroatoms. The van der Waals surface area contributed by atoms with Crippen LogP contribution >= 0.6 is 0 Å². The lowest BCUT2D eigenvalue weighted by atomic mass is 10.5. The lowest BCUT2D eigenvalue weighted by molar-refractivity contribution is 0.223. The van der Waals surface area contributed by atoms with E-state index in [9.17, 15) is 0 Å². The average molecular weight is 116 g/mol. The average Bonchev–Trinajstić information content (AvgIpc) is 1.81. The smallest absolute Gasteiger partial charge is 0.0644 e. The highest BCUT2D eigenvalue weighted by atomic mass is 16.5. The van der Waals surface area contributed by atoms with Crippen molar-refractivity contribution >= 4 is 0 Å². The van der Waals surface area contributed by atoms with Crippen LogP contribution < -0.4 is 0 Å². The fraction of sp³-hybridized carbons (Fsp3) is 0.667. The van der Waals surface area contributed by atoms with Crippen LogP contribution in [-0.2, 0) is 9.47 Å². The molecule has 0 radical (unpaired) electrons. The zero-order valence-electron chi connectivity index (χ0n) is 5.39.